The topological polar surface area (TPSA) is 52.3 Å². The fourth-order valence-electron chi connectivity index (χ4n) is 2.04. The SMILES string of the molecule is COc1cc(C(=O)Cc2ccccc2CN)ccc1Cl. The molecular formula is C16H16ClNO2. The summed E-state index contributed by atoms with van der Waals surface area (Å²) in [7, 11) is 1.53. The normalized spacial score (nSPS) is 10.3. The van der Waals surface area contributed by atoms with Crippen LogP contribution in [0, 0.1) is 0 Å². The Labute approximate surface area is 123 Å². The summed E-state index contributed by atoms with van der Waals surface area (Å²) in [6, 6.07) is 12.7. The Balaban J connectivity index is 2.24. The third-order valence-corrected chi connectivity index (χ3v) is 3.47. The largest absolute Gasteiger partial charge is 0.495 e. The lowest BCUT2D eigenvalue weighted by molar-refractivity contribution is 0.0992. The van der Waals surface area contributed by atoms with Gasteiger partial charge in [-0.2, -0.15) is 0 Å². The zero-order chi connectivity index (χ0) is 14.5. The van der Waals surface area contributed by atoms with E-state index in [1.165, 1.54) is 7.11 Å². The molecule has 0 aliphatic carbocycles. The average molecular weight is 290 g/mol. The quantitative estimate of drug-likeness (QED) is 0.860. The number of benzene rings is 2. The molecule has 0 amide bonds. The van der Waals surface area contributed by atoms with Crippen molar-refractivity contribution in [2.24, 2.45) is 5.73 Å². The molecule has 0 bridgehead atoms. The van der Waals surface area contributed by atoms with Gasteiger partial charge in [-0.3, -0.25) is 4.79 Å². The number of hydrogen-bond acceptors (Lipinski definition) is 3. The van der Waals surface area contributed by atoms with E-state index in [0.717, 1.165) is 11.1 Å². The third kappa shape index (κ3) is 3.18. The van der Waals surface area contributed by atoms with Crippen LogP contribution >= 0.6 is 11.6 Å². The van der Waals surface area contributed by atoms with Crippen molar-refractivity contribution in [3.63, 3.8) is 0 Å². The number of carbonyl (C=O) groups excluding carboxylic acids is 1. The van der Waals surface area contributed by atoms with E-state index < -0.39 is 0 Å². The van der Waals surface area contributed by atoms with Crippen LogP contribution in [-0.4, -0.2) is 12.9 Å². The van der Waals surface area contributed by atoms with Gasteiger partial charge in [-0.1, -0.05) is 35.9 Å². The van der Waals surface area contributed by atoms with Gasteiger partial charge < -0.3 is 10.5 Å². The van der Waals surface area contributed by atoms with Crippen molar-refractivity contribution in [3.05, 3.63) is 64.2 Å². The molecular weight excluding hydrogens is 274 g/mol. The van der Waals surface area contributed by atoms with Crippen LogP contribution in [0.15, 0.2) is 42.5 Å². The highest BCUT2D eigenvalue weighted by Crippen LogP contribution is 2.25. The molecule has 0 fully saturated rings. The van der Waals surface area contributed by atoms with Crippen LogP contribution in [0.5, 0.6) is 5.75 Å². The van der Waals surface area contributed by atoms with Crippen LogP contribution in [0.3, 0.4) is 0 Å². The van der Waals surface area contributed by atoms with E-state index in [4.69, 9.17) is 22.1 Å². The Hall–Kier alpha value is -1.84. The van der Waals surface area contributed by atoms with Crippen LogP contribution in [-0.2, 0) is 13.0 Å². The van der Waals surface area contributed by atoms with Gasteiger partial charge in [-0.25, -0.2) is 0 Å². The van der Waals surface area contributed by atoms with Crippen molar-refractivity contribution < 1.29 is 9.53 Å². The molecule has 0 saturated carbocycles. The Morgan fingerprint density at radius 2 is 1.90 bits per heavy atom. The molecule has 3 nitrogen and oxygen atoms in total. The lowest BCUT2D eigenvalue weighted by Gasteiger charge is -2.08. The highest BCUT2D eigenvalue weighted by molar-refractivity contribution is 6.32. The number of halogens is 1. The summed E-state index contributed by atoms with van der Waals surface area (Å²) in [5.74, 6) is 0.519. The number of ether oxygens (including phenoxy) is 1. The second-order valence-corrected chi connectivity index (χ2v) is 4.83. The van der Waals surface area contributed by atoms with E-state index in [0.29, 0.717) is 29.3 Å². The van der Waals surface area contributed by atoms with Crippen LogP contribution in [0.2, 0.25) is 5.02 Å². The van der Waals surface area contributed by atoms with Crippen molar-refractivity contribution in [1.29, 1.82) is 0 Å². The van der Waals surface area contributed by atoms with Crippen molar-refractivity contribution in [2.45, 2.75) is 13.0 Å². The number of nitrogens with two attached hydrogens (primary N) is 1. The van der Waals surface area contributed by atoms with Gasteiger partial charge in [-0.05, 0) is 29.3 Å². The molecule has 0 heterocycles. The molecule has 0 aliphatic rings. The second kappa shape index (κ2) is 6.55. The summed E-state index contributed by atoms with van der Waals surface area (Å²) in [4.78, 5) is 12.3. The third-order valence-electron chi connectivity index (χ3n) is 3.16. The minimum atomic E-state index is 0.0147. The Morgan fingerprint density at radius 1 is 1.20 bits per heavy atom. The summed E-state index contributed by atoms with van der Waals surface area (Å²) in [6.45, 7) is 0.424. The molecule has 20 heavy (non-hydrogen) atoms. The highest BCUT2D eigenvalue weighted by atomic mass is 35.5. The molecule has 4 heteroatoms. The molecule has 0 spiro atoms. The van der Waals surface area contributed by atoms with Crippen LogP contribution in [0.25, 0.3) is 0 Å². The number of ketones is 1. The summed E-state index contributed by atoms with van der Waals surface area (Å²) in [5, 5.41) is 0.492. The van der Waals surface area contributed by atoms with E-state index in [-0.39, 0.29) is 5.78 Å². The Kier molecular flexibility index (Phi) is 4.77. The van der Waals surface area contributed by atoms with Crippen molar-refractivity contribution in [3.8, 4) is 5.75 Å². The van der Waals surface area contributed by atoms with E-state index >= 15 is 0 Å². The number of carbonyl (C=O) groups is 1. The van der Waals surface area contributed by atoms with E-state index in [9.17, 15) is 4.79 Å². The zero-order valence-corrected chi connectivity index (χ0v) is 12.0. The molecule has 0 radical (unpaired) electrons. The number of rotatable bonds is 5. The fourth-order valence-corrected chi connectivity index (χ4v) is 2.23. The Bertz CT molecular complexity index is 626. The van der Waals surface area contributed by atoms with Crippen molar-refractivity contribution >= 4 is 17.4 Å². The first-order chi connectivity index (χ1) is 9.65. The first-order valence-corrected chi connectivity index (χ1v) is 6.67. The molecule has 0 aromatic heterocycles. The molecule has 2 rings (SSSR count). The summed E-state index contributed by atoms with van der Waals surface area (Å²) < 4.78 is 5.13. The first-order valence-electron chi connectivity index (χ1n) is 6.29. The number of methoxy groups -OCH3 is 1. The highest BCUT2D eigenvalue weighted by Gasteiger charge is 2.12. The minimum absolute atomic E-state index is 0.0147. The number of Topliss-reactive ketones (excluding diaryl/α,β-unsaturated/α-hetero) is 1. The van der Waals surface area contributed by atoms with Crippen LogP contribution in [0.4, 0.5) is 0 Å². The van der Waals surface area contributed by atoms with E-state index in [2.05, 4.69) is 0 Å². The van der Waals surface area contributed by atoms with Gasteiger partial charge in [-0.15, -0.1) is 0 Å². The standard InChI is InChI=1S/C16H16ClNO2/c1-20-16-9-12(6-7-14(16)17)15(19)8-11-4-2-3-5-13(11)10-18/h2-7,9H,8,10,18H2,1H3. The maximum absolute atomic E-state index is 12.3. The van der Waals surface area contributed by atoms with E-state index in [1.807, 2.05) is 24.3 Å². The van der Waals surface area contributed by atoms with Crippen molar-refractivity contribution in [2.75, 3.05) is 7.11 Å². The molecule has 2 aromatic rings. The van der Waals surface area contributed by atoms with Crippen LogP contribution < -0.4 is 10.5 Å². The van der Waals surface area contributed by atoms with Crippen LogP contribution in [0.1, 0.15) is 21.5 Å². The van der Waals surface area contributed by atoms with Gasteiger partial charge in [0.15, 0.2) is 5.78 Å². The maximum Gasteiger partial charge on any atom is 0.167 e. The molecule has 0 unspecified atom stereocenters. The lowest BCUT2D eigenvalue weighted by atomic mass is 9.99. The van der Waals surface area contributed by atoms with Gasteiger partial charge >= 0.3 is 0 Å². The molecule has 0 atom stereocenters. The van der Waals surface area contributed by atoms with Gasteiger partial charge in [0.2, 0.25) is 0 Å². The Morgan fingerprint density at radius 3 is 2.55 bits per heavy atom. The summed E-state index contributed by atoms with van der Waals surface area (Å²) in [5.41, 5.74) is 8.20. The predicted molar refractivity (Wildman–Crippen MR) is 80.4 cm³/mol. The lowest BCUT2D eigenvalue weighted by Crippen LogP contribution is -2.08. The maximum atomic E-state index is 12.3. The smallest absolute Gasteiger partial charge is 0.167 e. The monoisotopic (exact) mass is 289 g/mol. The van der Waals surface area contributed by atoms with Crippen molar-refractivity contribution in [1.82, 2.24) is 0 Å². The zero-order valence-electron chi connectivity index (χ0n) is 11.2. The van der Waals surface area contributed by atoms with E-state index in [1.54, 1.807) is 18.2 Å². The summed E-state index contributed by atoms with van der Waals surface area (Å²) in [6.07, 6.45) is 0.318. The predicted octanol–water partition coefficient (Wildman–Crippen LogP) is 3.23. The second-order valence-electron chi connectivity index (χ2n) is 4.42. The molecule has 2 aromatic carbocycles. The molecule has 0 saturated heterocycles. The first kappa shape index (κ1) is 14.6. The van der Waals surface area contributed by atoms with Gasteiger partial charge in [0.25, 0.3) is 0 Å². The molecule has 0 aliphatic heterocycles. The average Bonchev–Trinajstić information content (AvgIpc) is 2.48. The van der Waals surface area contributed by atoms with Gasteiger partial charge in [0, 0.05) is 18.5 Å². The minimum Gasteiger partial charge on any atom is -0.495 e. The fraction of sp³-hybridized carbons (Fsp3) is 0.188. The summed E-state index contributed by atoms with van der Waals surface area (Å²) >= 11 is 5.96. The number of hydrogen-bond donors (Lipinski definition) is 1. The molecule has 2 N–H and O–H groups in total. The van der Waals surface area contributed by atoms with Gasteiger partial charge in [0.1, 0.15) is 5.75 Å². The molecule has 104 valence electrons. The van der Waals surface area contributed by atoms with Gasteiger partial charge in [0.05, 0.1) is 12.1 Å².